The van der Waals surface area contributed by atoms with Gasteiger partial charge in [0.1, 0.15) is 0 Å². The number of urea groups is 1. The van der Waals surface area contributed by atoms with Crippen molar-refractivity contribution in [3.63, 3.8) is 0 Å². The van der Waals surface area contributed by atoms with E-state index < -0.39 is 0 Å². The van der Waals surface area contributed by atoms with Crippen LogP contribution in [-0.2, 0) is 0 Å². The van der Waals surface area contributed by atoms with Gasteiger partial charge in [0.2, 0.25) is 0 Å². The van der Waals surface area contributed by atoms with Crippen LogP contribution < -0.4 is 10.6 Å². The Balaban J connectivity index is 1.32. The molecular formula is C18H32N2O. The van der Waals surface area contributed by atoms with E-state index in [-0.39, 0.29) is 6.03 Å². The van der Waals surface area contributed by atoms with E-state index in [1.807, 2.05) is 0 Å². The Morgan fingerprint density at radius 1 is 1.10 bits per heavy atom. The summed E-state index contributed by atoms with van der Waals surface area (Å²) in [7, 11) is 0. The SMILES string of the molecule is CC(NC(=O)NCCC1CCCCC1)C1CC2CCC1C2. The standard InChI is InChI=1S/C18H32N2O/c1-13(17-12-15-7-8-16(17)11-15)20-18(21)19-10-9-14-5-3-2-4-6-14/h13-17H,2-12H2,1H3,(H2,19,20,21). The smallest absolute Gasteiger partial charge is 0.315 e. The molecular weight excluding hydrogens is 260 g/mol. The van der Waals surface area contributed by atoms with Gasteiger partial charge in [-0.05, 0) is 56.3 Å². The van der Waals surface area contributed by atoms with Crippen LogP contribution in [0.4, 0.5) is 4.79 Å². The van der Waals surface area contributed by atoms with Crippen molar-refractivity contribution in [3.05, 3.63) is 0 Å². The summed E-state index contributed by atoms with van der Waals surface area (Å²) in [5.41, 5.74) is 0. The number of hydrogen-bond acceptors (Lipinski definition) is 1. The zero-order valence-corrected chi connectivity index (χ0v) is 13.6. The Bertz CT molecular complexity index is 351. The van der Waals surface area contributed by atoms with Crippen molar-refractivity contribution in [2.24, 2.45) is 23.7 Å². The lowest BCUT2D eigenvalue weighted by atomic mass is 9.84. The van der Waals surface area contributed by atoms with Crippen molar-refractivity contribution in [2.75, 3.05) is 6.54 Å². The fourth-order valence-corrected chi connectivity index (χ4v) is 5.14. The molecule has 3 fully saturated rings. The average Bonchev–Trinajstić information content (AvgIpc) is 3.11. The zero-order chi connectivity index (χ0) is 14.7. The molecule has 2 N–H and O–H groups in total. The van der Waals surface area contributed by atoms with Gasteiger partial charge in [0, 0.05) is 12.6 Å². The van der Waals surface area contributed by atoms with Crippen LogP contribution in [0.3, 0.4) is 0 Å². The highest BCUT2D eigenvalue weighted by atomic mass is 16.2. The summed E-state index contributed by atoms with van der Waals surface area (Å²) >= 11 is 0. The van der Waals surface area contributed by atoms with Crippen molar-refractivity contribution >= 4 is 6.03 Å². The molecule has 0 aromatic carbocycles. The fraction of sp³-hybridized carbons (Fsp3) is 0.944. The van der Waals surface area contributed by atoms with Gasteiger partial charge in [-0.3, -0.25) is 0 Å². The van der Waals surface area contributed by atoms with Crippen molar-refractivity contribution in [3.8, 4) is 0 Å². The van der Waals surface area contributed by atoms with Crippen molar-refractivity contribution in [1.82, 2.24) is 10.6 Å². The second kappa shape index (κ2) is 7.02. The lowest BCUT2D eigenvalue weighted by Gasteiger charge is -2.28. The van der Waals surface area contributed by atoms with Crippen molar-refractivity contribution in [1.29, 1.82) is 0 Å². The number of amides is 2. The molecule has 0 spiro atoms. The summed E-state index contributed by atoms with van der Waals surface area (Å²) in [6, 6.07) is 0.399. The predicted molar refractivity (Wildman–Crippen MR) is 86.1 cm³/mol. The minimum absolute atomic E-state index is 0.0566. The van der Waals surface area contributed by atoms with E-state index in [0.717, 1.165) is 36.6 Å². The van der Waals surface area contributed by atoms with Crippen LogP contribution in [0.2, 0.25) is 0 Å². The third kappa shape index (κ3) is 3.92. The summed E-state index contributed by atoms with van der Waals surface area (Å²) in [6.07, 6.45) is 13.7. The molecule has 21 heavy (non-hydrogen) atoms. The van der Waals surface area contributed by atoms with Crippen LogP contribution in [0, 0.1) is 23.7 Å². The van der Waals surface area contributed by atoms with Crippen LogP contribution in [0.15, 0.2) is 0 Å². The number of carbonyl (C=O) groups excluding carboxylic acids is 1. The van der Waals surface area contributed by atoms with E-state index in [0.29, 0.717) is 6.04 Å². The Morgan fingerprint density at radius 2 is 1.90 bits per heavy atom. The Hall–Kier alpha value is -0.730. The summed E-state index contributed by atoms with van der Waals surface area (Å²) < 4.78 is 0. The lowest BCUT2D eigenvalue weighted by Crippen LogP contribution is -2.45. The summed E-state index contributed by atoms with van der Waals surface area (Å²) in [6.45, 7) is 3.05. The molecule has 120 valence electrons. The molecule has 0 aromatic rings. The number of nitrogens with one attached hydrogen (secondary N) is 2. The number of carbonyl (C=O) groups is 1. The van der Waals surface area contributed by atoms with Gasteiger partial charge in [0.15, 0.2) is 0 Å². The average molecular weight is 292 g/mol. The number of hydrogen-bond donors (Lipinski definition) is 2. The molecule has 4 atom stereocenters. The van der Waals surface area contributed by atoms with E-state index in [9.17, 15) is 4.79 Å². The quantitative estimate of drug-likeness (QED) is 0.787. The molecule has 3 heteroatoms. The minimum atomic E-state index is 0.0566. The van der Waals surface area contributed by atoms with Gasteiger partial charge in [-0.1, -0.05) is 38.5 Å². The predicted octanol–water partition coefficient (Wildman–Crippen LogP) is 4.08. The molecule has 3 aliphatic carbocycles. The summed E-state index contributed by atoms with van der Waals surface area (Å²) in [5, 5.41) is 6.27. The molecule has 0 saturated heterocycles. The summed E-state index contributed by atoms with van der Waals surface area (Å²) in [4.78, 5) is 12.0. The maximum Gasteiger partial charge on any atom is 0.315 e. The van der Waals surface area contributed by atoms with Gasteiger partial charge in [-0.25, -0.2) is 4.79 Å². The van der Waals surface area contributed by atoms with Gasteiger partial charge in [0.25, 0.3) is 0 Å². The first-order chi connectivity index (χ1) is 10.2. The highest BCUT2D eigenvalue weighted by Crippen LogP contribution is 2.49. The van der Waals surface area contributed by atoms with E-state index in [1.165, 1.54) is 57.8 Å². The summed E-state index contributed by atoms with van der Waals surface area (Å²) in [5.74, 6) is 3.42. The molecule has 4 unspecified atom stereocenters. The molecule has 0 aliphatic heterocycles. The van der Waals surface area contributed by atoms with Gasteiger partial charge in [-0.15, -0.1) is 0 Å². The van der Waals surface area contributed by atoms with E-state index >= 15 is 0 Å². The molecule has 0 heterocycles. The molecule has 2 amide bonds. The van der Waals surface area contributed by atoms with E-state index in [2.05, 4.69) is 17.6 Å². The topological polar surface area (TPSA) is 41.1 Å². The van der Waals surface area contributed by atoms with Crippen molar-refractivity contribution in [2.45, 2.75) is 77.2 Å². The normalized spacial score (nSPS) is 33.9. The van der Waals surface area contributed by atoms with Crippen LogP contribution in [0.5, 0.6) is 0 Å². The number of rotatable bonds is 5. The molecule has 3 aliphatic rings. The molecule has 3 saturated carbocycles. The molecule has 0 aromatic heterocycles. The van der Waals surface area contributed by atoms with E-state index in [4.69, 9.17) is 0 Å². The lowest BCUT2D eigenvalue weighted by molar-refractivity contribution is 0.219. The van der Waals surface area contributed by atoms with Crippen LogP contribution in [-0.4, -0.2) is 18.6 Å². The first-order valence-corrected chi connectivity index (χ1v) is 9.26. The Kier molecular flexibility index (Phi) is 5.07. The first-order valence-electron chi connectivity index (χ1n) is 9.26. The van der Waals surface area contributed by atoms with Gasteiger partial charge >= 0.3 is 6.03 Å². The second-order valence-corrected chi connectivity index (χ2v) is 7.82. The number of fused-ring (bicyclic) bond motifs is 2. The maximum atomic E-state index is 12.0. The minimum Gasteiger partial charge on any atom is -0.338 e. The second-order valence-electron chi connectivity index (χ2n) is 7.82. The maximum absolute atomic E-state index is 12.0. The van der Waals surface area contributed by atoms with Crippen molar-refractivity contribution < 1.29 is 4.79 Å². The third-order valence-corrected chi connectivity index (χ3v) is 6.36. The molecule has 2 bridgehead atoms. The highest BCUT2D eigenvalue weighted by molar-refractivity contribution is 5.74. The van der Waals surface area contributed by atoms with Gasteiger partial charge in [0.05, 0.1) is 0 Å². The Labute approximate surface area is 129 Å². The molecule has 0 radical (unpaired) electrons. The molecule has 3 nitrogen and oxygen atoms in total. The van der Waals surface area contributed by atoms with E-state index in [1.54, 1.807) is 0 Å². The van der Waals surface area contributed by atoms with Gasteiger partial charge in [-0.2, -0.15) is 0 Å². The van der Waals surface area contributed by atoms with Gasteiger partial charge < -0.3 is 10.6 Å². The zero-order valence-electron chi connectivity index (χ0n) is 13.6. The third-order valence-electron chi connectivity index (χ3n) is 6.36. The van der Waals surface area contributed by atoms with Crippen LogP contribution in [0.25, 0.3) is 0 Å². The fourth-order valence-electron chi connectivity index (χ4n) is 5.14. The monoisotopic (exact) mass is 292 g/mol. The first kappa shape index (κ1) is 15.2. The van der Waals surface area contributed by atoms with Crippen LogP contribution in [0.1, 0.15) is 71.1 Å². The molecule has 3 rings (SSSR count). The highest BCUT2D eigenvalue weighted by Gasteiger charge is 2.42. The Morgan fingerprint density at radius 3 is 2.57 bits per heavy atom. The largest absolute Gasteiger partial charge is 0.338 e. The van der Waals surface area contributed by atoms with Crippen LogP contribution >= 0.6 is 0 Å².